The van der Waals surface area contributed by atoms with Gasteiger partial charge in [-0.2, -0.15) is 5.10 Å². The maximum Gasteiger partial charge on any atom is 0.255 e. The molecule has 0 bridgehead atoms. The molecule has 0 radical (unpaired) electrons. The first kappa shape index (κ1) is 19.6. The second-order valence-corrected chi connectivity index (χ2v) is 8.22. The number of nitrogens with two attached hydrogens (primary N) is 1. The summed E-state index contributed by atoms with van der Waals surface area (Å²) in [4.78, 5) is 6.03. The Morgan fingerprint density at radius 2 is 2.00 bits per heavy atom. The third-order valence-electron chi connectivity index (χ3n) is 5.87. The van der Waals surface area contributed by atoms with Crippen molar-refractivity contribution in [3.63, 3.8) is 0 Å². The van der Waals surface area contributed by atoms with Gasteiger partial charge in [-0.05, 0) is 57.1 Å². The fourth-order valence-electron chi connectivity index (χ4n) is 4.41. The van der Waals surface area contributed by atoms with Crippen molar-refractivity contribution >= 4 is 17.3 Å². The molecule has 3 heterocycles. The van der Waals surface area contributed by atoms with Gasteiger partial charge in [0.05, 0.1) is 17.9 Å². The fourth-order valence-corrected chi connectivity index (χ4v) is 4.56. The van der Waals surface area contributed by atoms with Crippen molar-refractivity contribution in [2.75, 3.05) is 11.4 Å². The topological polar surface area (TPSA) is 60.0 Å². The van der Waals surface area contributed by atoms with Crippen molar-refractivity contribution in [3.8, 4) is 11.3 Å². The van der Waals surface area contributed by atoms with Gasteiger partial charge in [-0.15, -0.1) is 0 Å². The smallest absolute Gasteiger partial charge is 0.255 e. The summed E-state index contributed by atoms with van der Waals surface area (Å²) in [6.45, 7) is 0.563. The zero-order valence-corrected chi connectivity index (χ0v) is 16.6. The lowest BCUT2D eigenvalue weighted by molar-refractivity contribution is 0.149. The van der Waals surface area contributed by atoms with E-state index in [1.807, 2.05) is 4.68 Å². The minimum Gasteiger partial charge on any atom is -0.362 e. The van der Waals surface area contributed by atoms with Gasteiger partial charge >= 0.3 is 0 Å². The fraction of sp³-hybridized carbons (Fsp3) is 0.600. The summed E-state index contributed by atoms with van der Waals surface area (Å²) in [5, 5.41) is 5.03. The van der Waals surface area contributed by atoms with E-state index in [2.05, 4.69) is 11.1 Å². The van der Waals surface area contributed by atoms with Crippen molar-refractivity contribution in [2.24, 2.45) is 5.73 Å². The van der Waals surface area contributed by atoms with Crippen LogP contribution in [0.2, 0.25) is 5.15 Å². The standard InChI is InChI=1S/C20H26ClF2N5/c21-19-10-18(27(12-20(22)23)14-6-4-13(24)5-7-14)16(11-25-19)17-9-15-3-1-2-8-28(15)26-17/h9-11,13-14,20H,1-8,12,24H2. The van der Waals surface area contributed by atoms with Crippen LogP contribution in [0.3, 0.4) is 0 Å². The highest BCUT2D eigenvalue weighted by atomic mass is 35.5. The van der Waals surface area contributed by atoms with E-state index in [9.17, 15) is 8.78 Å². The van der Waals surface area contributed by atoms with Crippen LogP contribution in [0.1, 0.15) is 44.2 Å². The number of nitrogens with zero attached hydrogens (tertiary/aromatic N) is 4. The second-order valence-electron chi connectivity index (χ2n) is 7.84. The molecule has 1 saturated carbocycles. The molecule has 8 heteroatoms. The zero-order chi connectivity index (χ0) is 19.7. The largest absolute Gasteiger partial charge is 0.362 e. The minimum atomic E-state index is -2.44. The van der Waals surface area contributed by atoms with E-state index in [0.717, 1.165) is 62.7 Å². The first-order valence-electron chi connectivity index (χ1n) is 10.0. The Kier molecular flexibility index (Phi) is 5.83. The molecule has 5 nitrogen and oxygen atoms in total. The van der Waals surface area contributed by atoms with E-state index in [1.165, 1.54) is 5.69 Å². The summed E-state index contributed by atoms with van der Waals surface area (Å²) in [5.41, 5.74) is 9.45. The number of pyridine rings is 1. The molecule has 1 aliphatic carbocycles. The maximum atomic E-state index is 13.5. The highest BCUT2D eigenvalue weighted by Gasteiger charge is 2.29. The molecule has 28 heavy (non-hydrogen) atoms. The van der Waals surface area contributed by atoms with Crippen LogP contribution in [0, 0.1) is 0 Å². The lowest BCUT2D eigenvalue weighted by Crippen LogP contribution is -2.43. The number of rotatable bonds is 5. The number of hydrogen-bond acceptors (Lipinski definition) is 4. The Labute approximate surface area is 168 Å². The van der Waals surface area contributed by atoms with E-state index >= 15 is 0 Å². The van der Waals surface area contributed by atoms with E-state index in [1.54, 1.807) is 17.2 Å². The normalized spacial score (nSPS) is 22.3. The summed E-state index contributed by atoms with van der Waals surface area (Å²) in [6, 6.07) is 3.94. The molecule has 0 aromatic carbocycles. The molecule has 0 atom stereocenters. The number of fused-ring (bicyclic) bond motifs is 1. The van der Waals surface area contributed by atoms with Crippen LogP contribution in [-0.2, 0) is 13.0 Å². The van der Waals surface area contributed by atoms with E-state index in [4.69, 9.17) is 22.4 Å². The van der Waals surface area contributed by atoms with Gasteiger partial charge in [0.1, 0.15) is 5.15 Å². The number of alkyl halides is 2. The second kappa shape index (κ2) is 8.33. The minimum absolute atomic E-state index is 0.0169. The number of halogens is 3. The lowest BCUT2D eigenvalue weighted by atomic mass is 9.90. The number of anilines is 1. The molecule has 2 aromatic rings. The Morgan fingerprint density at radius 1 is 1.21 bits per heavy atom. The number of hydrogen-bond donors (Lipinski definition) is 1. The van der Waals surface area contributed by atoms with Crippen molar-refractivity contribution in [1.82, 2.24) is 14.8 Å². The van der Waals surface area contributed by atoms with Gasteiger partial charge in [-0.3, -0.25) is 4.68 Å². The maximum absolute atomic E-state index is 13.5. The molecule has 0 amide bonds. The molecule has 0 spiro atoms. The summed E-state index contributed by atoms with van der Waals surface area (Å²) in [5.74, 6) is 0. The number of aryl methyl sites for hydroxylation is 2. The van der Waals surface area contributed by atoms with Crippen LogP contribution in [0.4, 0.5) is 14.5 Å². The van der Waals surface area contributed by atoms with E-state index < -0.39 is 6.43 Å². The monoisotopic (exact) mass is 409 g/mol. The lowest BCUT2D eigenvalue weighted by Gasteiger charge is -2.38. The molecule has 2 N–H and O–H groups in total. The molecule has 152 valence electrons. The average Bonchev–Trinajstić information content (AvgIpc) is 3.10. The Bertz CT molecular complexity index is 793. The molecule has 4 rings (SSSR count). The summed E-state index contributed by atoms with van der Waals surface area (Å²) in [6.07, 6.45) is 5.76. The molecule has 1 aliphatic heterocycles. The Hall–Kier alpha value is -1.73. The molecule has 2 aliphatic rings. The summed E-state index contributed by atoms with van der Waals surface area (Å²) in [7, 11) is 0. The molecule has 0 unspecified atom stereocenters. The van der Waals surface area contributed by atoms with Gasteiger partial charge in [-0.25, -0.2) is 13.8 Å². The summed E-state index contributed by atoms with van der Waals surface area (Å²) < 4.78 is 29.0. The van der Waals surface area contributed by atoms with Gasteiger partial charge in [-0.1, -0.05) is 11.6 Å². The van der Waals surface area contributed by atoms with Gasteiger partial charge < -0.3 is 10.6 Å². The highest BCUT2D eigenvalue weighted by Crippen LogP contribution is 2.36. The zero-order valence-electron chi connectivity index (χ0n) is 15.8. The predicted octanol–water partition coefficient (Wildman–Crippen LogP) is 4.28. The van der Waals surface area contributed by atoms with Gasteiger partial charge in [0, 0.05) is 36.1 Å². The van der Waals surface area contributed by atoms with Crippen LogP contribution in [0.15, 0.2) is 18.3 Å². The van der Waals surface area contributed by atoms with Crippen molar-refractivity contribution < 1.29 is 8.78 Å². The van der Waals surface area contributed by atoms with Crippen molar-refractivity contribution in [3.05, 3.63) is 29.2 Å². The third kappa shape index (κ3) is 4.15. The molecule has 2 aromatic heterocycles. The van der Waals surface area contributed by atoms with Crippen LogP contribution in [0.25, 0.3) is 11.3 Å². The van der Waals surface area contributed by atoms with Gasteiger partial charge in [0.15, 0.2) is 0 Å². The predicted molar refractivity (Wildman–Crippen MR) is 107 cm³/mol. The molecular formula is C20H26ClF2N5. The Balaban J connectivity index is 1.73. The van der Waals surface area contributed by atoms with Gasteiger partial charge in [0.2, 0.25) is 0 Å². The molecule has 0 saturated heterocycles. The Morgan fingerprint density at radius 3 is 2.71 bits per heavy atom. The van der Waals surface area contributed by atoms with Crippen LogP contribution >= 0.6 is 11.6 Å². The van der Waals surface area contributed by atoms with E-state index in [-0.39, 0.29) is 18.6 Å². The van der Waals surface area contributed by atoms with E-state index in [0.29, 0.717) is 10.8 Å². The average molecular weight is 410 g/mol. The number of aromatic nitrogens is 3. The molecular weight excluding hydrogens is 384 g/mol. The van der Waals surface area contributed by atoms with Crippen molar-refractivity contribution in [2.45, 2.75) is 70.0 Å². The van der Waals surface area contributed by atoms with Crippen LogP contribution < -0.4 is 10.6 Å². The molecule has 1 fully saturated rings. The van der Waals surface area contributed by atoms with Crippen LogP contribution in [0.5, 0.6) is 0 Å². The third-order valence-corrected chi connectivity index (χ3v) is 6.07. The first-order valence-corrected chi connectivity index (χ1v) is 10.4. The van der Waals surface area contributed by atoms with Crippen LogP contribution in [-0.4, -0.2) is 39.8 Å². The van der Waals surface area contributed by atoms with Gasteiger partial charge in [0.25, 0.3) is 6.43 Å². The summed E-state index contributed by atoms with van der Waals surface area (Å²) >= 11 is 6.18. The van der Waals surface area contributed by atoms with Crippen molar-refractivity contribution in [1.29, 1.82) is 0 Å². The SMILES string of the molecule is NC1CCC(N(CC(F)F)c2cc(Cl)ncc2-c2cc3n(n2)CCCC3)CC1. The first-order chi connectivity index (χ1) is 13.5. The quantitative estimate of drug-likeness (QED) is 0.749. The highest BCUT2D eigenvalue weighted by molar-refractivity contribution is 6.29.